The van der Waals surface area contributed by atoms with Crippen LogP contribution in [0.15, 0.2) is 18.2 Å². The first kappa shape index (κ1) is 17.7. The van der Waals surface area contributed by atoms with Gasteiger partial charge in [0.15, 0.2) is 5.75 Å². The summed E-state index contributed by atoms with van der Waals surface area (Å²) >= 11 is 1.61. The molecule has 2 aromatic rings. The van der Waals surface area contributed by atoms with E-state index in [1.165, 1.54) is 18.1 Å². The predicted molar refractivity (Wildman–Crippen MR) is 102 cm³/mol. The average molecular weight is 388 g/mol. The maximum atomic E-state index is 12.8. The van der Waals surface area contributed by atoms with Crippen LogP contribution in [-0.4, -0.2) is 35.9 Å². The van der Waals surface area contributed by atoms with E-state index in [9.17, 15) is 14.9 Å². The molecule has 0 unspecified atom stereocenters. The molecule has 0 saturated carbocycles. The van der Waals surface area contributed by atoms with E-state index in [0.717, 1.165) is 42.2 Å². The van der Waals surface area contributed by atoms with Crippen LogP contribution in [-0.2, 0) is 13.0 Å². The van der Waals surface area contributed by atoms with Crippen LogP contribution in [0, 0.1) is 10.1 Å². The number of nitro benzene ring substituents is 1. The Labute approximate surface area is 160 Å². The van der Waals surface area contributed by atoms with Gasteiger partial charge in [-0.25, -0.2) is 0 Å². The summed E-state index contributed by atoms with van der Waals surface area (Å²) in [6.45, 7) is 4.93. The number of anilines is 1. The molecule has 0 aliphatic carbocycles. The van der Waals surface area contributed by atoms with Gasteiger partial charge in [0.05, 0.1) is 17.6 Å². The zero-order valence-electron chi connectivity index (χ0n) is 15.1. The normalized spacial score (nSPS) is 18.9. The van der Waals surface area contributed by atoms with Gasteiger partial charge in [-0.2, -0.15) is 0 Å². The molecule has 9 heteroatoms. The van der Waals surface area contributed by atoms with Crippen molar-refractivity contribution in [3.63, 3.8) is 0 Å². The van der Waals surface area contributed by atoms with Crippen LogP contribution in [0.4, 0.5) is 10.7 Å². The standard InChI is InChI=1S/C18H20N4O4S/c1-3-21-7-6-11-14(9-21)27-18-15(11)17(23)19-16(20-18)10-4-5-13(26-2)12(8-10)22(24)25/h4-5,8,16,20H,3,6-7,9H2,1-2H3,(H,19,23)/t16-/m0/s1. The van der Waals surface area contributed by atoms with Gasteiger partial charge in [0.2, 0.25) is 0 Å². The van der Waals surface area contributed by atoms with Gasteiger partial charge in [-0.15, -0.1) is 11.3 Å². The second kappa shape index (κ2) is 6.82. The van der Waals surface area contributed by atoms with Crippen molar-refractivity contribution in [1.82, 2.24) is 10.2 Å². The Morgan fingerprint density at radius 3 is 2.93 bits per heavy atom. The van der Waals surface area contributed by atoms with E-state index in [4.69, 9.17) is 4.74 Å². The van der Waals surface area contributed by atoms with Crippen molar-refractivity contribution >= 4 is 27.9 Å². The Kier molecular flexibility index (Phi) is 4.48. The monoisotopic (exact) mass is 388 g/mol. The fourth-order valence-electron chi connectivity index (χ4n) is 3.63. The number of hydrogen-bond donors (Lipinski definition) is 2. The van der Waals surface area contributed by atoms with Crippen LogP contribution >= 0.6 is 11.3 Å². The summed E-state index contributed by atoms with van der Waals surface area (Å²) in [7, 11) is 1.39. The molecule has 0 bridgehead atoms. The Hall–Kier alpha value is -2.65. The first-order valence-electron chi connectivity index (χ1n) is 8.78. The molecule has 0 radical (unpaired) electrons. The van der Waals surface area contributed by atoms with Gasteiger partial charge in [0.1, 0.15) is 11.2 Å². The number of carbonyl (C=O) groups is 1. The molecule has 0 fully saturated rings. The van der Waals surface area contributed by atoms with Gasteiger partial charge >= 0.3 is 5.69 Å². The van der Waals surface area contributed by atoms with Crippen molar-refractivity contribution in [2.45, 2.75) is 26.1 Å². The summed E-state index contributed by atoms with van der Waals surface area (Å²) in [6, 6.07) is 4.71. The topological polar surface area (TPSA) is 96.7 Å². The molecule has 2 aliphatic rings. The second-order valence-corrected chi connectivity index (χ2v) is 7.67. The lowest BCUT2D eigenvalue weighted by molar-refractivity contribution is -0.385. The quantitative estimate of drug-likeness (QED) is 0.618. The summed E-state index contributed by atoms with van der Waals surface area (Å²) in [5.74, 6) is 0.0625. The summed E-state index contributed by atoms with van der Waals surface area (Å²) in [4.78, 5) is 27.2. The number of methoxy groups -OCH3 is 1. The molecule has 1 amide bonds. The number of nitrogens with zero attached hydrogens (tertiary/aromatic N) is 2. The molecule has 0 spiro atoms. The summed E-state index contributed by atoms with van der Waals surface area (Å²) < 4.78 is 5.05. The van der Waals surface area contributed by atoms with Gasteiger partial charge in [0, 0.05) is 29.6 Å². The Bertz CT molecular complexity index is 926. The number of rotatable bonds is 4. The molecule has 8 nitrogen and oxygen atoms in total. The smallest absolute Gasteiger partial charge is 0.311 e. The van der Waals surface area contributed by atoms with E-state index in [0.29, 0.717) is 5.56 Å². The van der Waals surface area contributed by atoms with Crippen LogP contribution in [0.25, 0.3) is 0 Å². The van der Waals surface area contributed by atoms with Crippen LogP contribution in [0.3, 0.4) is 0 Å². The first-order valence-corrected chi connectivity index (χ1v) is 9.60. The molecule has 2 aliphatic heterocycles. The molecule has 4 rings (SSSR count). The average Bonchev–Trinajstić information content (AvgIpc) is 3.05. The summed E-state index contributed by atoms with van der Waals surface area (Å²) in [5.41, 5.74) is 2.35. The molecule has 1 aromatic carbocycles. The van der Waals surface area contributed by atoms with Crippen molar-refractivity contribution in [1.29, 1.82) is 0 Å². The highest BCUT2D eigenvalue weighted by Crippen LogP contribution is 2.41. The number of benzene rings is 1. The minimum Gasteiger partial charge on any atom is -0.490 e. The highest BCUT2D eigenvalue weighted by molar-refractivity contribution is 7.16. The number of hydrogen-bond acceptors (Lipinski definition) is 7. The van der Waals surface area contributed by atoms with E-state index >= 15 is 0 Å². The van der Waals surface area contributed by atoms with Gasteiger partial charge in [-0.1, -0.05) is 13.0 Å². The highest BCUT2D eigenvalue weighted by atomic mass is 32.1. The summed E-state index contributed by atoms with van der Waals surface area (Å²) in [5, 5.41) is 18.4. The number of carbonyl (C=O) groups excluding carboxylic acids is 1. The lowest BCUT2D eigenvalue weighted by atomic mass is 10.00. The third-order valence-corrected chi connectivity index (χ3v) is 6.24. The first-order chi connectivity index (χ1) is 13.0. The minimum atomic E-state index is -0.517. The number of thiophene rings is 1. The minimum absolute atomic E-state index is 0.124. The molecule has 3 heterocycles. The third-order valence-electron chi connectivity index (χ3n) is 5.09. The molecule has 0 saturated heterocycles. The molecule has 1 aromatic heterocycles. The van der Waals surface area contributed by atoms with Gasteiger partial charge in [-0.05, 0) is 24.6 Å². The molecule has 2 N–H and O–H groups in total. The Morgan fingerprint density at radius 2 is 2.22 bits per heavy atom. The van der Waals surface area contributed by atoms with Gasteiger partial charge in [0.25, 0.3) is 5.91 Å². The largest absolute Gasteiger partial charge is 0.490 e. The van der Waals surface area contributed by atoms with Crippen LogP contribution in [0.5, 0.6) is 5.75 Å². The van der Waals surface area contributed by atoms with Crippen molar-refractivity contribution in [3.05, 3.63) is 49.9 Å². The van der Waals surface area contributed by atoms with Gasteiger partial charge in [-0.3, -0.25) is 19.8 Å². The Balaban J connectivity index is 1.67. The SMILES string of the molecule is CCN1CCc2c(sc3c2C(=O)N[C@H](c2ccc(OC)c([N+](=O)[O-])c2)N3)C1. The zero-order valence-corrected chi connectivity index (χ0v) is 15.9. The highest BCUT2D eigenvalue weighted by Gasteiger charge is 2.33. The van der Waals surface area contributed by atoms with E-state index in [1.54, 1.807) is 23.5 Å². The van der Waals surface area contributed by atoms with Gasteiger partial charge < -0.3 is 15.4 Å². The number of nitro groups is 1. The number of likely N-dealkylation sites (N-methyl/N-ethyl adjacent to an activating group) is 1. The maximum absolute atomic E-state index is 12.8. The maximum Gasteiger partial charge on any atom is 0.311 e. The lowest BCUT2D eigenvalue weighted by Gasteiger charge is -2.28. The fraction of sp³-hybridized carbons (Fsp3) is 0.389. The third kappa shape index (κ3) is 3.02. The van der Waals surface area contributed by atoms with Crippen LogP contribution in [0.1, 0.15) is 39.5 Å². The molecular weight excluding hydrogens is 368 g/mol. The number of ether oxygens (including phenoxy) is 1. The van der Waals surface area contributed by atoms with E-state index in [2.05, 4.69) is 22.5 Å². The molecule has 142 valence electrons. The van der Waals surface area contributed by atoms with Crippen molar-refractivity contribution < 1.29 is 14.5 Å². The van der Waals surface area contributed by atoms with Crippen molar-refractivity contribution in [2.24, 2.45) is 0 Å². The van der Waals surface area contributed by atoms with E-state index < -0.39 is 11.1 Å². The van der Waals surface area contributed by atoms with Crippen LogP contribution < -0.4 is 15.4 Å². The number of nitrogens with one attached hydrogen (secondary N) is 2. The second-order valence-electron chi connectivity index (χ2n) is 6.57. The zero-order chi connectivity index (χ0) is 19.1. The lowest BCUT2D eigenvalue weighted by Crippen LogP contribution is -2.38. The Morgan fingerprint density at radius 1 is 1.41 bits per heavy atom. The molecule has 27 heavy (non-hydrogen) atoms. The van der Waals surface area contributed by atoms with E-state index in [-0.39, 0.29) is 17.3 Å². The predicted octanol–water partition coefficient (Wildman–Crippen LogP) is 2.90. The van der Waals surface area contributed by atoms with E-state index in [1.807, 2.05) is 0 Å². The summed E-state index contributed by atoms with van der Waals surface area (Å²) in [6.07, 6.45) is 0.347. The number of fused-ring (bicyclic) bond motifs is 3. The number of amides is 1. The van der Waals surface area contributed by atoms with Crippen LogP contribution in [0.2, 0.25) is 0 Å². The van der Waals surface area contributed by atoms with Crippen molar-refractivity contribution in [3.8, 4) is 5.75 Å². The molecular formula is C18H20N4O4S. The molecule has 1 atom stereocenters. The fourth-order valence-corrected chi connectivity index (χ4v) is 4.95. The van der Waals surface area contributed by atoms with Crippen molar-refractivity contribution in [2.75, 3.05) is 25.5 Å².